The van der Waals surface area contributed by atoms with Crippen molar-refractivity contribution in [3.63, 3.8) is 0 Å². The van der Waals surface area contributed by atoms with Crippen molar-refractivity contribution in [2.24, 2.45) is 0 Å². The first-order valence-electron chi connectivity index (χ1n) is 8.76. The predicted molar refractivity (Wildman–Crippen MR) is 95.6 cm³/mol. The number of hydrogen-bond donors (Lipinski definition) is 1. The second kappa shape index (κ2) is 8.22. The number of Topliss-reactive ketones (excluding diaryl/α,β-unsaturated/α-hetero) is 1. The van der Waals surface area contributed by atoms with Crippen molar-refractivity contribution in [2.75, 3.05) is 31.6 Å². The largest absolute Gasteiger partial charge is 0.470 e. The van der Waals surface area contributed by atoms with Gasteiger partial charge in [0.25, 0.3) is 5.91 Å². The molecule has 2 atom stereocenters. The number of carbonyl (C=O) groups is 3. The summed E-state index contributed by atoms with van der Waals surface area (Å²) in [7, 11) is 0. The van der Waals surface area contributed by atoms with Crippen molar-refractivity contribution in [2.45, 2.75) is 26.1 Å². The molecule has 0 aromatic heterocycles. The van der Waals surface area contributed by atoms with Crippen LogP contribution in [0.1, 0.15) is 13.8 Å². The van der Waals surface area contributed by atoms with E-state index in [1.807, 2.05) is 19.9 Å². The molecule has 0 aliphatic carbocycles. The number of hydrogen-bond acceptors (Lipinski definition) is 7. The molecular weight excluding hydrogens is 352 g/mol. The average molecular weight is 374 g/mol. The molecule has 0 radical (unpaired) electrons. The molecule has 1 aromatic rings. The van der Waals surface area contributed by atoms with Gasteiger partial charge in [0.1, 0.15) is 0 Å². The fraction of sp³-hybridized carbons (Fsp3) is 0.421. The van der Waals surface area contributed by atoms with Crippen molar-refractivity contribution in [1.29, 1.82) is 0 Å². The molecule has 2 aliphatic heterocycles. The maximum Gasteiger partial charge on any atom is 0.347 e. The van der Waals surface area contributed by atoms with Crippen molar-refractivity contribution in [1.82, 2.24) is 4.90 Å². The van der Waals surface area contributed by atoms with Crippen LogP contribution in [0.15, 0.2) is 41.8 Å². The van der Waals surface area contributed by atoms with Crippen LogP contribution in [-0.4, -0.2) is 61.1 Å². The molecule has 2 aliphatic rings. The Morgan fingerprint density at radius 3 is 2.52 bits per heavy atom. The highest BCUT2D eigenvalue weighted by atomic mass is 16.5. The Morgan fingerprint density at radius 2 is 1.85 bits per heavy atom. The van der Waals surface area contributed by atoms with E-state index < -0.39 is 18.4 Å². The fourth-order valence-corrected chi connectivity index (χ4v) is 3.04. The van der Waals surface area contributed by atoms with Crippen LogP contribution in [-0.2, 0) is 28.6 Å². The summed E-state index contributed by atoms with van der Waals surface area (Å²) in [6, 6.07) is 8.99. The number of benzene rings is 1. The molecule has 27 heavy (non-hydrogen) atoms. The SMILES string of the molecule is C[C@@H]1CN(C(=O)COC(=O)C2=C(Nc3ccccc3)OCC2=O)C[C@@H](C)O1. The number of rotatable bonds is 5. The number of esters is 1. The number of morpholine rings is 1. The summed E-state index contributed by atoms with van der Waals surface area (Å²) < 4.78 is 15.9. The van der Waals surface area contributed by atoms with E-state index in [1.54, 1.807) is 29.2 Å². The van der Waals surface area contributed by atoms with Crippen molar-refractivity contribution in [3.05, 3.63) is 41.8 Å². The molecule has 1 N–H and O–H groups in total. The lowest BCUT2D eigenvalue weighted by Gasteiger charge is -2.35. The summed E-state index contributed by atoms with van der Waals surface area (Å²) >= 11 is 0. The maximum absolute atomic E-state index is 12.4. The lowest BCUT2D eigenvalue weighted by atomic mass is 10.2. The van der Waals surface area contributed by atoms with Crippen LogP contribution in [0.25, 0.3) is 0 Å². The molecule has 1 amide bonds. The summed E-state index contributed by atoms with van der Waals surface area (Å²) in [6.07, 6.45) is -0.162. The molecule has 1 aromatic carbocycles. The molecular formula is C19H22N2O6. The van der Waals surface area contributed by atoms with Crippen LogP contribution in [0.5, 0.6) is 0 Å². The zero-order valence-corrected chi connectivity index (χ0v) is 15.3. The maximum atomic E-state index is 12.4. The summed E-state index contributed by atoms with van der Waals surface area (Å²) in [6.45, 7) is 3.95. The number of nitrogens with zero attached hydrogens (tertiary/aromatic N) is 1. The van der Waals surface area contributed by atoms with Gasteiger partial charge in [0.05, 0.1) is 12.2 Å². The summed E-state index contributed by atoms with van der Waals surface area (Å²) in [5.74, 6) is -1.65. The third-order valence-electron chi connectivity index (χ3n) is 4.19. The molecule has 0 unspecified atom stereocenters. The van der Waals surface area contributed by atoms with E-state index in [4.69, 9.17) is 14.2 Å². The van der Waals surface area contributed by atoms with Crippen molar-refractivity contribution >= 4 is 23.3 Å². The van der Waals surface area contributed by atoms with E-state index in [0.717, 1.165) is 0 Å². The van der Waals surface area contributed by atoms with Gasteiger partial charge >= 0.3 is 5.97 Å². The van der Waals surface area contributed by atoms with Crippen molar-refractivity contribution < 1.29 is 28.6 Å². The minimum Gasteiger partial charge on any atom is -0.470 e. The van der Waals surface area contributed by atoms with Crippen LogP contribution in [0.4, 0.5) is 5.69 Å². The van der Waals surface area contributed by atoms with Crippen LogP contribution in [0, 0.1) is 0 Å². The second-order valence-corrected chi connectivity index (χ2v) is 6.54. The number of anilines is 1. The molecule has 0 bridgehead atoms. The third kappa shape index (κ3) is 4.65. The molecule has 1 saturated heterocycles. The summed E-state index contributed by atoms with van der Waals surface area (Å²) in [5, 5.41) is 2.89. The molecule has 8 nitrogen and oxygen atoms in total. The van der Waals surface area contributed by atoms with E-state index in [9.17, 15) is 14.4 Å². The normalized spacial score (nSPS) is 22.4. The zero-order valence-electron chi connectivity index (χ0n) is 15.3. The number of amides is 1. The highest BCUT2D eigenvalue weighted by molar-refractivity contribution is 6.20. The number of ether oxygens (including phenoxy) is 3. The summed E-state index contributed by atoms with van der Waals surface area (Å²) in [5.41, 5.74) is 0.454. The van der Waals surface area contributed by atoms with E-state index in [-0.39, 0.29) is 36.2 Å². The molecule has 2 heterocycles. The first-order valence-corrected chi connectivity index (χ1v) is 8.76. The van der Waals surface area contributed by atoms with Gasteiger partial charge in [-0.25, -0.2) is 4.79 Å². The number of para-hydroxylation sites is 1. The molecule has 1 fully saturated rings. The van der Waals surface area contributed by atoms with Gasteiger partial charge in [0, 0.05) is 18.8 Å². The number of carbonyl (C=O) groups excluding carboxylic acids is 3. The van der Waals surface area contributed by atoms with E-state index in [0.29, 0.717) is 18.8 Å². The van der Waals surface area contributed by atoms with E-state index in [2.05, 4.69) is 5.32 Å². The van der Waals surface area contributed by atoms with Crippen molar-refractivity contribution in [3.8, 4) is 0 Å². The van der Waals surface area contributed by atoms with Crippen LogP contribution >= 0.6 is 0 Å². The topological polar surface area (TPSA) is 94.2 Å². The van der Waals surface area contributed by atoms with Gasteiger partial charge < -0.3 is 24.4 Å². The molecule has 8 heteroatoms. The summed E-state index contributed by atoms with van der Waals surface area (Å²) in [4.78, 5) is 38.3. The number of nitrogens with one attached hydrogen (secondary N) is 1. The van der Waals surface area contributed by atoms with Crippen LogP contribution in [0.3, 0.4) is 0 Å². The molecule has 0 saturated carbocycles. The average Bonchev–Trinajstić information content (AvgIpc) is 2.99. The van der Waals surface area contributed by atoms with E-state index >= 15 is 0 Å². The van der Waals surface area contributed by atoms with Gasteiger partial charge in [-0.3, -0.25) is 9.59 Å². The molecule has 144 valence electrons. The Morgan fingerprint density at radius 1 is 1.19 bits per heavy atom. The standard InChI is InChI=1S/C19H22N2O6/c1-12-8-21(9-13(2)27-12)16(23)11-26-19(24)17-15(22)10-25-18(17)20-14-6-4-3-5-7-14/h3-7,12-13,20H,8-11H2,1-2H3/t12-,13-/m1/s1. The molecule has 3 rings (SSSR count). The Kier molecular flexibility index (Phi) is 5.75. The Hall–Kier alpha value is -2.87. The third-order valence-corrected chi connectivity index (χ3v) is 4.19. The molecule has 0 spiro atoms. The smallest absolute Gasteiger partial charge is 0.347 e. The minimum atomic E-state index is -0.876. The first kappa shape index (κ1) is 18.9. The Labute approximate surface area is 157 Å². The highest BCUT2D eigenvalue weighted by Crippen LogP contribution is 2.20. The fourth-order valence-electron chi connectivity index (χ4n) is 3.04. The van der Waals surface area contributed by atoms with Crippen LogP contribution < -0.4 is 5.32 Å². The number of ketones is 1. The minimum absolute atomic E-state index is 0.0391. The van der Waals surface area contributed by atoms with Gasteiger partial charge in [0.2, 0.25) is 11.7 Å². The Balaban J connectivity index is 1.62. The monoisotopic (exact) mass is 374 g/mol. The van der Waals surface area contributed by atoms with Gasteiger partial charge in [-0.05, 0) is 26.0 Å². The first-order chi connectivity index (χ1) is 12.9. The highest BCUT2D eigenvalue weighted by Gasteiger charge is 2.33. The van der Waals surface area contributed by atoms with Gasteiger partial charge in [-0.1, -0.05) is 18.2 Å². The lowest BCUT2D eigenvalue weighted by Crippen LogP contribution is -2.49. The lowest BCUT2D eigenvalue weighted by molar-refractivity contribution is -0.155. The van der Waals surface area contributed by atoms with Crippen LogP contribution in [0.2, 0.25) is 0 Å². The second-order valence-electron chi connectivity index (χ2n) is 6.54. The van der Waals surface area contributed by atoms with Gasteiger partial charge in [-0.15, -0.1) is 0 Å². The van der Waals surface area contributed by atoms with E-state index in [1.165, 1.54) is 0 Å². The Bertz CT molecular complexity index is 751. The van der Waals surface area contributed by atoms with Gasteiger partial charge in [0.15, 0.2) is 18.8 Å². The predicted octanol–water partition coefficient (Wildman–Crippen LogP) is 1.09. The quantitative estimate of drug-likeness (QED) is 0.609. The van der Waals surface area contributed by atoms with Gasteiger partial charge in [-0.2, -0.15) is 0 Å². The zero-order chi connectivity index (χ0) is 19.4.